The van der Waals surface area contributed by atoms with E-state index in [4.69, 9.17) is 0 Å². The van der Waals surface area contributed by atoms with Gasteiger partial charge in [-0.2, -0.15) is 0 Å². The highest BCUT2D eigenvalue weighted by Gasteiger charge is 2.22. The van der Waals surface area contributed by atoms with Crippen LogP contribution in [0.15, 0.2) is 30.3 Å². The average molecular weight is 331 g/mol. The Morgan fingerprint density at radius 1 is 1.08 bits per heavy atom. The minimum atomic E-state index is -0.160. The van der Waals surface area contributed by atoms with Crippen molar-refractivity contribution in [3.05, 3.63) is 35.9 Å². The summed E-state index contributed by atoms with van der Waals surface area (Å²) in [6.45, 7) is 8.91. The molecule has 132 valence electrons. The Balaban J connectivity index is 1.67. The molecule has 0 spiro atoms. The van der Waals surface area contributed by atoms with Crippen molar-refractivity contribution in [1.82, 2.24) is 15.1 Å². The molecule has 5 nitrogen and oxygen atoms in total. The van der Waals surface area contributed by atoms with Gasteiger partial charge in [-0.15, -0.1) is 0 Å². The van der Waals surface area contributed by atoms with Gasteiger partial charge in [-0.3, -0.25) is 14.5 Å². The van der Waals surface area contributed by atoms with E-state index in [1.165, 1.54) is 5.56 Å². The van der Waals surface area contributed by atoms with Crippen LogP contribution in [0.4, 0.5) is 0 Å². The zero-order valence-electron chi connectivity index (χ0n) is 14.8. The molecular formula is C19H29N3O2. The highest BCUT2D eigenvalue weighted by Crippen LogP contribution is 2.09. The molecule has 1 heterocycles. The second-order valence-corrected chi connectivity index (χ2v) is 6.85. The van der Waals surface area contributed by atoms with Gasteiger partial charge in [0.15, 0.2) is 0 Å². The maximum Gasteiger partial charge on any atom is 0.232 e. The number of hydrogen-bond acceptors (Lipinski definition) is 3. The average Bonchev–Trinajstić information content (AvgIpc) is 2.56. The second kappa shape index (κ2) is 9.42. The maximum absolute atomic E-state index is 12.2. The van der Waals surface area contributed by atoms with Crippen molar-refractivity contribution >= 4 is 11.8 Å². The number of benzene rings is 1. The fourth-order valence-corrected chi connectivity index (χ4v) is 2.81. The summed E-state index contributed by atoms with van der Waals surface area (Å²) in [5.74, 6) is 0.336. The monoisotopic (exact) mass is 331 g/mol. The summed E-state index contributed by atoms with van der Waals surface area (Å²) in [5.41, 5.74) is 1.29. The van der Waals surface area contributed by atoms with Gasteiger partial charge in [0.25, 0.3) is 0 Å². The Bertz CT molecular complexity index is 523. The molecule has 0 radical (unpaired) electrons. The van der Waals surface area contributed by atoms with E-state index in [-0.39, 0.29) is 18.2 Å². The lowest BCUT2D eigenvalue weighted by Gasteiger charge is -2.34. The summed E-state index contributed by atoms with van der Waals surface area (Å²) < 4.78 is 0. The van der Waals surface area contributed by atoms with Gasteiger partial charge in [0.2, 0.25) is 11.8 Å². The van der Waals surface area contributed by atoms with Crippen molar-refractivity contribution in [3.63, 3.8) is 0 Å². The molecule has 1 fully saturated rings. The third-order valence-electron chi connectivity index (χ3n) is 4.33. The lowest BCUT2D eigenvalue weighted by molar-refractivity contribution is -0.137. The van der Waals surface area contributed by atoms with Crippen LogP contribution in [-0.2, 0) is 16.1 Å². The van der Waals surface area contributed by atoms with E-state index in [1.807, 2.05) is 23.1 Å². The number of piperazine rings is 1. The molecule has 0 unspecified atom stereocenters. The van der Waals surface area contributed by atoms with Crippen molar-refractivity contribution in [2.75, 3.05) is 32.7 Å². The van der Waals surface area contributed by atoms with Gasteiger partial charge >= 0.3 is 0 Å². The van der Waals surface area contributed by atoms with Crippen molar-refractivity contribution in [2.24, 2.45) is 5.92 Å². The Morgan fingerprint density at radius 3 is 2.38 bits per heavy atom. The second-order valence-electron chi connectivity index (χ2n) is 6.85. The van der Waals surface area contributed by atoms with Gasteiger partial charge in [-0.1, -0.05) is 44.2 Å². The van der Waals surface area contributed by atoms with E-state index in [2.05, 4.69) is 36.2 Å². The van der Waals surface area contributed by atoms with Gasteiger partial charge in [0.05, 0.1) is 0 Å². The normalized spacial score (nSPS) is 15.5. The number of nitrogens with one attached hydrogen (secondary N) is 1. The van der Waals surface area contributed by atoms with E-state index < -0.39 is 0 Å². The van der Waals surface area contributed by atoms with E-state index in [0.717, 1.165) is 26.1 Å². The summed E-state index contributed by atoms with van der Waals surface area (Å²) in [4.78, 5) is 28.2. The molecule has 0 saturated carbocycles. The van der Waals surface area contributed by atoms with Crippen LogP contribution in [0.25, 0.3) is 0 Å². The summed E-state index contributed by atoms with van der Waals surface area (Å²) in [6.07, 6.45) is 0.912. The molecule has 1 saturated heterocycles. The van der Waals surface area contributed by atoms with Gasteiger partial charge in [0.1, 0.15) is 6.42 Å². The topological polar surface area (TPSA) is 52.7 Å². The summed E-state index contributed by atoms with van der Waals surface area (Å²) in [6, 6.07) is 10.4. The first-order valence-electron chi connectivity index (χ1n) is 8.85. The summed E-state index contributed by atoms with van der Waals surface area (Å²) in [7, 11) is 0. The lowest BCUT2D eigenvalue weighted by Crippen LogP contribution is -2.49. The minimum absolute atomic E-state index is 0.0310. The first-order chi connectivity index (χ1) is 11.5. The number of nitrogens with zero attached hydrogens (tertiary/aromatic N) is 2. The molecule has 2 rings (SSSR count). The van der Waals surface area contributed by atoms with Crippen LogP contribution in [0.2, 0.25) is 0 Å². The van der Waals surface area contributed by atoms with Crippen molar-refractivity contribution < 1.29 is 9.59 Å². The third-order valence-corrected chi connectivity index (χ3v) is 4.33. The first kappa shape index (κ1) is 18.5. The summed E-state index contributed by atoms with van der Waals surface area (Å²) >= 11 is 0. The van der Waals surface area contributed by atoms with Gasteiger partial charge in [0, 0.05) is 39.3 Å². The third kappa shape index (κ3) is 6.32. The lowest BCUT2D eigenvalue weighted by atomic mass is 10.1. The predicted molar refractivity (Wildman–Crippen MR) is 95.4 cm³/mol. The number of carbonyl (C=O) groups is 2. The zero-order chi connectivity index (χ0) is 17.4. The van der Waals surface area contributed by atoms with E-state index in [9.17, 15) is 9.59 Å². The predicted octanol–water partition coefficient (Wildman–Crippen LogP) is 1.88. The molecule has 0 bridgehead atoms. The molecule has 1 N–H and O–H groups in total. The molecule has 5 heteroatoms. The number of amides is 2. The molecule has 1 aromatic rings. The standard InChI is InChI=1S/C19H29N3O2/c1-16(2)8-9-20-18(23)14-19(24)22-12-10-21(11-13-22)15-17-6-4-3-5-7-17/h3-7,16H,8-15H2,1-2H3,(H,20,23). The largest absolute Gasteiger partial charge is 0.356 e. The zero-order valence-corrected chi connectivity index (χ0v) is 14.8. The highest BCUT2D eigenvalue weighted by molar-refractivity contribution is 5.96. The van der Waals surface area contributed by atoms with Crippen LogP contribution >= 0.6 is 0 Å². The Kier molecular flexibility index (Phi) is 7.25. The highest BCUT2D eigenvalue weighted by atomic mass is 16.2. The van der Waals surface area contributed by atoms with E-state index in [1.54, 1.807) is 0 Å². The molecule has 1 aromatic carbocycles. The van der Waals surface area contributed by atoms with E-state index in [0.29, 0.717) is 25.6 Å². The molecule has 0 aliphatic carbocycles. The van der Waals surface area contributed by atoms with Crippen molar-refractivity contribution in [1.29, 1.82) is 0 Å². The van der Waals surface area contributed by atoms with Gasteiger partial charge in [-0.25, -0.2) is 0 Å². The van der Waals surface area contributed by atoms with Crippen LogP contribution < -0.4 is 5.32 Å². The quantitative estimate of drug-likeness (QED) is 0.776. The van der Waals surface area contributed by atoms with E-state index >= 15 is 0 Å². The SMILES string of the molecule is CC(C)CCNC(=O)CC(=O)N1CCN(Cc2ccccc2)CC1. The number of hydrogen-bond donors (Lipinski definition) is 1. The fraction of sp³-hybridized carbons (Fsp3) is 0.579. The Labute approximate surface area is 145 Å². The molecule has 2 amide bonds. The van der Waals surface area contributed by atoms with Crippen molar-refractivity contribution in [3.8, 4) is 0 Å². The van der Waals surface area contributed by atoms with Crippen LogP contribution in [0.3, 0.4) is 0 Å². The van der Waals surface area contributed by atoms with Gasteiger partial charge in [-0.05, 0) is 17.9 Å². The number of rotatable bonds is 7. The number of carbonyl (C=O) groups excluding carboxylic acids is 2. The first-order valence-corrected chi connectivity index (χ1v) is 8.85. The molecule has 0 atom stereocenters. The van der Waals surface area contributed by atoms with Crippen LogP contribution in [0.5, 0.6) is 0 Å². The van der Waals surface area contributed by atoms with Crippen molar-refractivity contribution in [2.45, 2.75) is 33.2 Å². The van der Waals surface area contributed by atoms with Gasteiger partial charge < -0.3 is 10.2 Å². The molecular weight excluding hydrogens is 302 g/mol. The molecule has 24 heavy (non-hydrogen) atoms. The van der Waals surface area contributed by atoms with Crippen LogP contribution in [-0.4, -0.2) is 54.3 Å². The van der Waals surface area contributed by atoms with Crippen LogP contribution in [0, 0.1) is 5.92 Å². The Hall–Kier alpha value is -1.88. The fourth-order valence-electron chi connectivity index (χ4n) is 2.81. The Morgan fingerprint density at radius 2 is 1.75 bits per heavy atom. The minimum Gasteiger partial charge on any atom is -0.356 e. The molecule has 1 aliphatic heterocycles. The molecule has 0 aromatic heterocycles. The maximum atomic E-state index is 12.2. The smallest absolute Gasteiger partial charge is 0.232 e. The molecule has 1 aliphatic rings. The summed E-state index contributed by atoms with van der Waals surface area (Å²) in [5, 5.41) is 2.83. The van der Waals surface area contributed by atoms with Crippen LogP contribution in [0.1, 0.15) is 32.3 Å².